The Labute approximate surface area is 83.8 Å². The number of aliphatic hydroxyl groups is 1. The monoisotopic (exact) mass is 217 g/mol. The molecule has 0 spiro atoms. The standard InChI is InChI=1S/C7H5Cl2N3O/c8-6-10-5-1-4(3-13)2-12(5)7(9)11-6/h1-2,13H,3H2. The minimum atomic E-state index is -0.0582. The van der Waals surface area contributed by atoms with Crippen LogP contribution in [0.5, 0.6) is 0 Å². The Bertz CT molecular complexity index is 454. The maximum atomic E-state index is 8.86. The minimum absolute atomic E-state index is 0.0582. The van der Waals surface area contributed by atoms with Crippen LogP contribution < -0.4 is 0 Å². The molecule has 0 aliphatic heterocycles. The van der Waals surface area contributed by atoms with Crippen LogP contribution in [-0.2, 0) is 6.61 Å². The van der Waals surface area contributed by atoms with E-state index in [4.69, 9.17) is 28.3 Å². The molecule has 0 aliphatic rings. The molecule has 4 nitrogen and oxygen atoms in total. The highest BCUT2D eigenvalue weighted by molar-refractivity contribution is 6.31. The molecular weight excluding hydrogens is 213 g/mol. The van der Waals surface area contributed by atoms with E-state index in [1.54, 1.807) is 16.7 Å². The molecule has 2 aromatic heterocycles. The van der Waals surface area contributed by atoms with Crippen LogP contribution in [0.15, 0.2) is 12.3 Å². The van der Waals surface area contributed by atoms with Gasteiger partial charge in [0.2, 0.25) is 10.6 Å². The molecular formula is C7H5Cl2N3O. The lowest BCUT2D eigenvalue weighted by Crippen LogP contribution is -1.92. The molecule has 0 amide bonds. The molecule has 2 rings (SSSR count). The maximum absolute atomic E-state index is 8.86. The Balaban J connectivity index is 2.75. The second kappa shape index (κ2) is 3.14. The van der Waals surface area contributed by atoms with Crippen LogP contribution >= 0.6 is 23.2 Å². The van der Waals surface area contributed by atoms with E-state index in [1.165, 1.54) is 0 Å². The quantitative estimate of drug-likeness (QED) is 0.789. The molecule has 0 atom stereocenters. The molecule has 0 aromatic carbocycles. The predicted octanol–water partition coefficient (Wildman–Crippen LogP) is 1.53. The molecule has 2 aromatic rings. The fourth-order valence-corrected chi connectivity index (χ4v) is 1.50. The zero-order valence-electron chi connectivity index (χ0n) is 6.41. The number of aliphatic hydroxyl groups excluding tert-OH is 1. The summed E-state index contributed by atoms with van der Waals surface area (Å²) in [6.07, 6.45) is 1.66. The van der Waals surface area contributed by atoms with Crippen LogP contribution in [0.2, 0.25) is 10.6 Å². The first-order valence-electron chi connectivity index (χ1n) is 3.51. The number of rotatable bonds is 1. The van der Waals surface area contributed by atoms with Crippen LogP contribution in [0.25, 0.3) is 5.65 Å². The summed E-state index contributed by atoms with van der Waals surface area (Å²) in [4.78, 5) is 7.68. The number of fused-ring (bicyclic) bond motifs is 1. The fraction of sp³-hybridized carbons (Fsp3) is 0.143. The van der Waals surface area contributed by atoms with E-state index in [-0.39, 0.29) is 17.2 Å². The van der Waals surface area contributed by atoms with E-state index >= 15 is 0 Å². The van der Waals surface area contributed by atoms with Crippen molar-refractivity contribution in [2.24, 2.45) is 0 Å². The highest BCUT2D eigenvalue weighted by atomic mass is 35.5. The minimum Gasteiger partial charge on any atom is -0.392 e. The lowest BCUT2D eigenvalue weighted by molar-refractivity contribution is 0.282. The second-order valence-corrected chi connectivity index (χ2v) is 3.17. The highest BCUT2D eigenvalue weighted by Gasteiger charge is 2.05. The molecule has 0 aliphatic carbocycles. The van der Waals surface area contributed by atoms with Crippen molar-refractivity contribution in [2.45, 2.75) is 6.61 Å². The first-order chi connectivity index (χ1) is 6.20. The Kier molecular flexibility index (Phi) is 2.11. The average molecular weight is 218 g/mol. The molecule has 0 fully saturated rings. The SMILES string of the molecule is OCc1cc2nc(Cl)nc(Cl)n2c1. The van der Waals surface area contributed by atoms with E-state index in [0.717, 1.165) is 5.56 Å². The number of halogens is 2. The Morgan fingerprint density at radius 1 is 1.38 bits per heavy atom. The third-order valence-corrected chi connectivity index (χ3v) is 2.06. The van der Waals surface area contributed by atoms with Crippen molar-refractivity contribution >= 4 is 28.8 Å². The van der Waals surface area contributed by atoms with Gasteiger partial charge in [-0.25, -0.2) is 0 Å². The summed E-state index contributed by atoms with van der Waals surface area (Å²) < 4.78 is 1.55. The lowest BCUT2D eigenvalue weighted by Gasteiger charge is -1.95. The van der Waals surface area contributed by atoms with Gasteiger partial charge in [-0.15, -0.1) is 0 Å². The molecule has 0 unspecified atom stereocenters. The lowest BCUT2D eigenvalue weighted by atomic mass is 10.4. The van der Waals surface area contributed by atoms with Gasteiger partial charge in [0.1, 0.15) is 5.65 Å². The third-order valence-electron chi connectivity index (χ3n) is 1.63. The van der Waals surface area contributed by atoms with Crippen molar-refractivity contribution in [1.82, 2.24) is 14.4 Å². The number of hydrogen-bond acceptors (Lipinski definition) is 3. The number of nitrogens with zero attached hydrogens (tertiary/aromatic N) is 3. The molecule has 6 heteroatoms. The zero-order valence-corrected chi connectivity index (χ0v) is 7.92. The maximum Gasteiger partial charge on any atom is 0.227 e. The first kappa shape index (κ1) is 8.74. The Morgan fingerprint density at radius 2 is 2.15 bits per heavy atom. The van der Waals surface area contributed by atoms with Crippen molar-refractivity contribution in [3.05, 3.63) is 28.4 Å². The average Bonchev–Trinajstić information content (AvgIpc) is 2.47. The van der Waals surface area contributed by atoms with Gasteiger partial charge in [0, 0.05) is 6.20 Å². The van der Waals surface area contributed by atoms with Gasteiger partial charge >= 0.3 is 0 Å². The third kappa shape index (κ3) is 1.48. The summed E-state index contributed by atoms with van der Waals surface area (Å²) in [6.45, 7) is -0.0582. The molecule has 1 N–H and O–H groups in total. The number of aromatic nitrogens is 3. The first-order valence-corrected chi connectivity index (χ1v) is 4.27. The zero-order chi connectivity index (χ0) is 9.42. The van der Waals surface area contributed by atoms with Crippen molar-refractivity contribution < 1.29 is 5.11 Å². The van der Waals surface area contributed by atoms with Crippen LogP contribution in [0, 0.1) is 0 Å². The van der Waals surface area contributed by atoms with Gasteiger partial charge < -0.3 is 5.11 Å². The molecule has 0 saturated heterocycles. The van der Waals surface area contributed by atoms with Gasteiger partial charge in [0.15, 0.2) is 0 Å². The van der Waals surface area contributed by atoms with Crippen LogP contribution in [-0.4, -0.2) is 19.5 Å². The molecule has 13 heavy (non-hydrogen) atoms. The van der Waals surface area contributed by atoms with E-state index in [9.17, 15) is 0 Å². The fourth-order valence-electron chi connectivity index (χ4n) is 1.07. The second-order valence-electron chi connectivity index (χ2n) is 2.50. The molecule has 68 valence electrons. The Morgan fingerprint density at radius 3 is 2.85 bits per heavy atom. The predicted molar refractivity (Wildman–Crippen MR) is 48.9 cm³/mol. The van der Waals surface area contributed by atoms with Crippen LogP contribution in [0.4, 0.5) is 0 Å². The van der Waals surface area contributed by atoms with Crippen LogP contribution in [0.1, 0.15) is 5.56 Å². The smallest absolute Gasteiger partial charge is 0.227 e. The Hall–Kier alpha value is -0.840. The van der Waals surface area contributed by atoms with Crippen molar-refractivity contribution in [1.29, 1.82) is 0 Å². The van der Waals surface area contributed by atoms with Crippen molar-refractivity contribution in [3.63, 3.8) is 0 Å². The van der Waals surface area contributed by atoms with Crippen molar-refractivity contribution in [3.8, 4) is 0 Å². The molecule has 0 radical (unpaired) electrons. The summed E-state index contributed by atoms with van der Waals surface area (Å²) in [7, 11) is 0. The van der Waals surface area contributed by atoms with E-state index in [0.29, 0.717) is 5.65 Å². The van der Waals surface area contributed by atoms with E-state index in [1.807, 2.05) is 0 Å². The van der Waals surface area contributed by atoms with Gasteiger partial charge in [-0.2, -0.15) is 9.97 Å². The van der Waals surface area contributed by atoms with Gasteiger partial charge in [0.25, 0.3) is 0 Å². The van der Waals surface area contributed by atoms with Gasteiger partial charge in [-0.1, -0.05) is 0 Å². The number of hydrogen-bond donors (Lipinski definition) is 1. The summed E-state index contributed by atoms with van der Waals surface area (Å²) in [6, 6.07) is 1.69. The topological polar surface area (TPSA) is 50.4 Å². The van der Waals surface area contributed by atoms with Gasteiger partial charge in [0.05, 0.1) is 6.61 Å². The summed E-state index contributed by atoms with van der Waals surface area (Å²) in [5.74, 6) is 0. The van der Waals surface area contributed by atoms with E-state index in [2.05, 4.69) is 9.97 Å². The summed E-state index contributed by atoms with van der Waals surface area (Å²) >= 11 is 11.4. The van der Waals surface area contributed by atoms with Gasteiger partial charge in [-0.3, -0.25) is 4.40 Å². The largest absolute Gasteiger partial charge is 0.392 e. The normalized spacial score (nSPS) is 11.0. The molecule has 0 bridgehead atoms. The summed E-state index contributed by atoms with van der Waals surface area (Å²) in [5.41, 5.74) is 1.30. The van der Waals surface area contributed by atoms with Gasteiger partial charge in [-0.05, 0) is 34.8 Å². The highest BCUT2D eigenvalue weighted by Crippen LogP contribution is 2.15. The van der Waals surface area contributed by atoms with Crippen LogP contribution in [0.3, 0.4) is 0 Å². The van der Waals surface area contributed by atoms with Crippen molar-refractivity contribution in [2.75, 3.05) is 0 Å². The van der Waals surface area contributed by atoms with E-state index < -0.39 is 0 Å². The molecule has 0 saturated carbocycles. The molecule has 2 heterocycles. The summed E-state index contributed by atoms with van der Waals surface area (Å²) in [5, 5.41) is 9.19.